The molecule has 156 valence electrons. The summed E-state index contributed by atoms with van der Waals surface area (Å²) in [5.74, 6) is 3.08. The van der Waals surface area contributed by atoms with Crippen molar-refractivity contribution in [2.24, 2.45) is 17.8 Å². The summed E-state index contributed by atoms with van der Waals surface area (Å²) < 4.78 is 0. The van der Waals surface area contributed by atoms with E-state index in [0.717, 1.165) is 17.8 Å². The molecular formula is C28H44. The summed E-state index contributed by atoms with van der Waals surface area (Å²) in [5, 5.41) is 0. The smallest absolute Gasteiger partial charge is 0.0241 e. The van der Waals surface area contributed by atoms with Gasteiger partial charge < -0.3 is 0 Å². The third-order valence-electron chi connectivity index (χ3n) is 7.65. The van der Waals surface area contributed by atoms with Crippen molar-refractivity contribution in [2.45, 2.75) is 110 Å². The predicted molar refractivity (Wildman–Crippen MR) is 124 cm³/mol. The number of aryl methyl sites for hydroxylation is 2. The van der Waals surface area contributed by atoms with Crippen molar-refractivity contribution in [2.75, 3.05) is 0 Å². The maximum Gasteiger partial charge on any atom is -0.0241 e. The van der Waals surface area contributed by atoms with Gasteiger partial charge in [-0.1, -0.05) is 88.3 Å². The zero-order valence-electron chi connectivity index (χ0n) is 18.7. The lowest BCUT2D eigenvalue weighted by Gasteiger charge is -2.35. The van der Waals surface area contributed by atoms with Gasteiger partial charge in [-0.05, 0) is 86.7 Å². The van der Waals surface area contributed by atoms with Gasteiger partial charge in [0.25, 0.3) is 0 Å². The molecule has 0 heteroatoms. The van der Waals surface area contributed by atoms with Crippen molar-refractivity contribution in [1.82, 2.24) is 0 Å². The first kappa shape index (κ1) is 21.7. The van der Waals surface area contributed by atoms with E-state index in [9.17, 15) is 0 Å². The number of allylic oxidation sites excluding steroid dienone is 2. The monoisotopic (exact) mass is 380 g/mol. The first-order valence-corrected chi connectivity index (χ1v) is 12.5. The molecule has 1 aromatic rings. The topological polar surface area (TPSA) is 0 Å². The fourth-order valence-corrected chi connectivity index (χ4v) is 5.56. The highest BCUT2D eigenvalue weighted by molar-refractivity contribution is 5.24. The molecule has 2 aliphatic rings. The molecule has 0 bridgehead atoms. The highest BCUT2D eigenvalue weighted by atomic mass is 14.3. The van der Waals surface area contributed by atoms with Gasteiger partial charge in [0.15, 0.2) is 0 Å². The second-order valence-electron chi connectivity index (χ2n) is 9.74. The minimum atomic E-state index is 0.994. The summed E-state index contributed by atoms with van der Waals surface area (Å²) in [6.45, 7) is 4.61. The Kier molecular flexibility index (Phi) is 9.16. The van der Waals surface area contributed by atoms with Crippen LogP contribution in [0.1, 0.15) is 108 Å². The molecule has 0 aliphatic heterocycles. The Morgan fingerprint density at radius 2 is 1.39 bits per heavy atom. The predicted octanol–water partition coefficient (Wildman–Crippen LogP) is 8.68. The Hall–Kier alpha value is -1.04. The van der Waals surface area contributed by atoms with E-state index in [1.54, 1.807) is 5.57 Å². The summed E-state index contributed by atoms with van der Waals surface area (Å²) in [7, 11) is 0. The van der Waals surface area contributed by atoms with E-state index in [0.29, 0.717) is 0 Å². The Balaban J connectivity index is 1.37. The Labute approximate surface area is 175 Å². The lowest BCUT2D eigenvalue weighted by Crippen LogP contribution is -2.23. The number of hydrogen-bond donors (Lipinski definition) is 0. The third-order valence-corrected chi connectivity index (χ3v) is 7.65. The Bertz CT molecular complexity index is 571. The van der Waals surface area contributed by atoms with Crippen LogP contribution < -0.4 is 0 Å². The van der Waals surface area contributed by atoms with Crippen LogP contribution in [0.25, 0.3) is 0 Å². The van der Waals surface area contributed by atoms with Crippen molar-refractivity contribution >= 4 is 0 Å². The normalized spacial score (nSPS) is 25.5. The molecule has 0 heterocycles. The Morgan fingerprint density at radius 1 is 0.714 bits per heavy atom. The van der Waals surface area contributed by atoms with Crippen molar-refractivity contribution in [3.63, 3.8) is 0 Å². The first-order valence-electron chi connectivity index (χ1n) is 12.5. The van der Waals surface area contributed by atoms with Gasteiger partial charge in [0.05, 0.1) is 0 Å². The van der Waals surface area contributed by atoms with Crippen LogP contribution in [0.5, 0.6) is 0 Å². The zero-order valence-corrected chi connectivity index (χ0v) is 18.7. The van der Waals surface area contributed by atoms with E-state index in [4.69, 9.17) is 0 Å². The Morgan fingerprint density at radius 3 is 2.00 bits per heavy atom. The first-order chi connectivity index (χ1) is 13.8. The summed E-state index contributed by atoms with van der Waals surface area (Å²) in [4.78, 5) is 0. The van der Waals surface area contributed by atoms with Crippen LogP contribution in [0.2, 0.25) is 0 Å². The summed E-state index contributed by atoms with van der Waals surface area (Å²) in [6, 6.07) is 9.45. The molecule has 0 saturated heterocycles. The van der Waals surface area contributed by atoms with Gasteiger partial charge in [-0.3, -0.25) is 0 Å². The second kappa shape index (κ2) is 11.8. The standard InChI is InChI=1S/C28H44/c1-3-5-7-23-9-11-25(12-10-23)13-14-26-17-21-28(22-18-26)27-19-15-24(16-20-27)8-6-4-2/h9-12,17,24,27-28H,3-8,13-16,18-22H2,1-2H3/t24-,27-,28?. The van der Waals surface area contributed by atoms with Gasteiger partial charge in [-0.25, -0.2) is 0 Å². The minimum Gasteiger partial charge on any atom is -0.0850 e. The van der Waals surface area contributed by atoms with Crippen molar-refractivity contribution < 1.29 is 0 Å². The highest BCUT2D eigenvalue weighted by Gasteiger charge is 2.28. The average molecular weight is 381 g/mol. The fourth-order valence-electron chi connectivity index (χ4n) is 5.56. The molecule has 0 radical (unpaired) electrons. The zero-order chi connectivity index (χ0) is 19.6. The molecule has 2 aliphatic carbocycles. The van der Waals surface area contributed by atoms with E-state index >= 15 is 0 Å². The molecule has 0 N–H and O–H groups in total. The van der Waals surface area contributed by atoms with Crippen LogP contribution in [0, 0.1) is 17.8 Å². The van der Waals surface area contributed by atoms with E-state index in [-0.39, 0.29) is 0 Å². The lowest BCUT2D eigenvalue weighted by molar-refractivity contribution is 0.185. The number of hydrogen-bond acceptors (Lipinski definition) is 0. The molecular weight excluding hydrogens is 336 g/mol. The fraction of sp³-hybridized carbons (Fsp3) is 0.714. The summed E-state index contributed by atoms with van der Waals surface area (Å²) in [5.41, 5.74) is 4.77. The molecule has 28 heavy (non-hydrogen) atoms. The van der Waals surface area contributed by atoms with Crippen LogP contribution in [-0.4, -0.2) is 0 Å². The van der Waals surface area contributed by atoms with E-state index in [1.165, 1.54) is 107 Å². The van der Waals surface area contributed by atoms with Gasteiger partial charge in [-0.15, -0.1) is 0 Å². The van der Waals surface area contributed by atoms with Gasteiger partial charge in [0.2, 0.25) is 0 Å². The van der Waals surface area contributed by atoms with Crippen LogP contribution in [-0.2, 0) is 12.8 Å². The second-order valence-corrected chi connectivity index (χ2v) is 9.74. The van der Waals surface area contributed by atoms with E-state index in [2.05, 4.69) is 44.2 Å². The maximum atomic E-state index is 2.63. The molecule has 1 unspecified atom stereocenters. The maximum absolute atomic E-state index is 2.63. The van der Waals surface area contributed by atoms with Crippen LogP contribution in [0.15, 0.2) is 35.9 Å². The third kappa shape index (κ3) is 6.78. The van der Waals surface area contributed by atoms with Crippen LogP contribution in [0.4, 0.5) is 0 Å². The van der Waals surface area contributed by atoms with E-state index in [1.807, 2.05) is 0 Å². The van der Waals surface area contributed by atoms with Crippen LogP contribution >= 0.6 is 0 Å². The molecule has 1 atom stereocenters. The largest absolute Gasteiger partial charge is 0.0850 e. The van der Waals surface area contributed by atoms with Gasteiger partial charge in [0, 0.05) is 0 Å². The van der Waals surface area contributed by atoms with Gasteiger partial charge in [-0.2, -0.15) is 0 Å². The van der Waals surface area contributed by atoms with Crippen molar-refractivity contribution in [1.29, 1.82) is 0 Å². The van der Waals surface area contributed by atoms with Gasteiger partial charge in [0.1, 0.15) is 0 Å². The quantitative estimate of drug-likeness (QED) is 0.356. The number of unbranched alkanes of at least 4 members (excludes halogenated alkanes) is 2. The molecule has 0 nitrogen and oxygen atoms in total. The highest BCUT2D eigenvalue weighted by Crippen LogP contribution is 2.41. The summed E-state index contributed by atoms with van der Waals surface area (Å²) in [6.07, 6.45) is 23.6. The van der Waals surface area contributed by atoms with Gasteiger partial charge >= 0.3 is 0 Å². The van der Waals surface area contributed by atoms with Crippen molar-refractivity contribution in [3.8, 4) is 0 Å². The van der Waals surface area contributed by atoms with E-state index < -0.39 is 0 Å². The molecule has 1 aromatic carbocycles. The molecule has 0 aromatic heterocycles. The van der Waals surface area contributed by atoms with Crippen molar-refractivity contribution in [3.05, 3.63) is 47.0 Å². The molecule has 0 spiro atoms. The molecule has 3 rings (SSSR count). The molecule has 1 saturated carbocycles. The minimum absolute atomic E-state index is 0.994. The number of benzene rings is 1. The molecule has 1 fully saturated rings. The van der Waals surface area contributed by atoms with Crippen LogP contribution in [0.3, 0.4) is 0 Å². The lowest BCUT2D eigenvalue weighted by atomic mass is 9.70. The summed E-state index contributed by atoms with van der Waals surface area (Å²) >= 11 is 0. The number of rotatable bonds is 10. The SMILES string of the molecule is CCCCc1ccc(CCC2=CCC([C@H]3CC[C@H](CCCC)CC3)CC2)cc1. The average Bonchev–Trinajstić information content (AvgIpc) is 2.76. The molecule has 0 amide bonds.